The molecule has 1 aromatic heterocycles. The van der Waals surface area contributed by atoms with E-state index in [1.165, 1.54) is 5.56 Å². The summed E-state index contributed by atoms with van der Waals surface area (Å²) in [5, 5.41) is 7.52. The Balaban J connectivity index is 2.11. The molecular formula is C13H17N3O. The maximum absolute atomic E-state index is 5.22. The van der Waals surface area contributed by atoms with Crippen LogP contribution in [0.5, 0.6) is 5.75 Å². The van der Waals surface area contributed by atoms with Gasteiger partial charge in [-0.15, -0.1) is 0 Å². The summed E-state index contributed by atoms with van der Waals surface area (Å²) in [4.78, 5) is 0. The van der Waals surface area contributed by atoms with Gasteiger partial charge in [-0.1, -0.05) is 12.1 Å². The summed E-state index contributed by atoms with van der Waals surface area (Å²) in [6, 6.07) is 8.27. The number of nitrogens with zero attached hydrogens (tertiary/aromatic N) is 2. The van der Waals surface area contributed by atoms with E-state index in [1.807, 2.05) is 37.6 Å². The van der Waals surface area contributed by atoms with E-state index in [2.05, 4.69) is 23.4 Å². The molecule has 0 saturated heterocycles. The highest BCUT2D eigenvalue weighted by Gasteiger charge is 2.07. The van der Waals surface area contributed by atoms with Crippen molar-refractivity contribution in [3.05, 3.63) is 42.2 Å². The molecule has 0 spiro atoms. The van der Waals surface area contributed by atoms with Gasteiger partial charge in [0.25, 0.3) is 0 Å². The topological polar surface area (TPSA) is 39.1 Å². The molecule has 0 aliphatic carbocycles. The number of hydrogen-bond donors (Lipinski definition) is 1. The number of hydrogen-bond acceptors (Lipinski definition) is 3. The highest BCUT2D eigenvalue weighted by molar-refractivity contribution is 5.42. The molecule has 0 saturated carbocycles. The summed E-state index contributed by atoms with van der Waals surface area (Å²) in [5.41, 5.74) is 2.20. The molecule has 17 heavy (non-hydrogen) atoms. The summed E-state index contributed by atoms with van der Waals surface area (Å²) in [7, 11) is 3.58. The van der Waals surface area contributed by atoms with Crippen LogP contribution in [0.25, 0.3) is 0 Å². The minimum absolute atomic E-state index is 0.217. The Morgan fingerprint density at radius 3 is 2.88 bits per heavy atom. The summed E-state index contributed by atoms with van der Waals surface area (Å²) in [6.45, 7) is 2.11. The standard InChI is InChI=1S/C13H17N3O/c1-10(15-12-8-14-16(2)9-12)11-5-4-6-13(7-11)17-3/h4-10,15H,1-3H3/t10-/m1/s1. The normalized spacial score (nSPS) is 12.2. The van der Waals surface area contributed by atoms with E-state index in [0.717, 1.165) is 11.4 Å². The summed E-state index contributed by atoms with van der Waals surface area (Å²) >= 11 is 0. The predicted octanol–water partition coefficient (Wildman–Crippen LogP) is 2.60. The third-order valence-electron chi connectivity index (χ3n) is 2.68. The van der Waals surface area contributed by atoms with Crippen LogP contribution in [0.1, 0.15) is 18.5 Å². The quantitative estimate of drug-likeness (QED) is 0.879. The molecule has 2 rings (SSSR count). The van der Waals surface area contributed by atoms with Gasteiger partial charge in [0.15, 0.2) is 0 Å². The van der Waals surface area contributed by atoms with E-state index in [0.29, 0.717) is 0 Å². The number of aromatic nitrogens is 2. The molecule has 90 valence electrons. The van der Waals surface area contributed by atoms with Gasteiger partial charge in [0.1, 0.15) is 5.75 Å². The number of anilines is 1. The minimum Gasteiger partial charge on any atom is -0.497 e. The summed E-state index contributed by atoms with van der Waals surface area (Å²) in [5.74, 6) is 0.877. The smallest absolute Gasteiger partial charge is 0.119 e. The average molecular weight is 231 g/mol. The maximum Gasteiger partial charge on any atom is 0.119 e. The van der Waals surface area contributed by atoms with Crippen molar-refractivity contribution < 1.29 is 4.74 Å². The first-order valence-corrected chi connectivity index (χ1v) is 5.58. The van der Waals surface area contributed by atoms with Crippen LogP contribution >= 0.6 is 0 Å². The van der Waals surface area contributed by atoms with Gasteiger partial charge in [0.2, 0.25) is 0 Å². The van der Waals surface area contributed by atoms with Gasteiger partial charge in [-0.2, -0.15) is 5.10 Å². The zero-order valence-electron chi connectivity index (χ0n) is 10.3. The Hall–Kier alpha value is -1.97. The lowest BCUT2D eigenvalue weighted by molar-refractivity contribution is 0.414. The number of rotatable bonds is 4. The molecule has 4 nitrogen and oxygen atoms in total. The lowest BCUT2D eigenvalue weighted by Gasteiger charge is -2.14. The van der Waals surface area contributed by atoms with Crippen molar-refractivity contribution in [2.24, 2.45) is 7.05 Å². The van der Waals surface area contributed by atoms with Crippen molar-refractivity contribution in [3.8, 4) is 5.75 Å². The van der Waals surface area contributed by atoms with Gasteiger partial charge in [0.05, 0.1) is 19.0 Å². The van der Waals surface area contributed by atoms with Gasteiger partial charge in [-0.3, -0.25) is 4.68 Å². The number of benzene rings is 1. The first kappa shape index (κ1) is 11.5. The zero-order chi connectivity index (χ0) is 12.3. The van der Waals surface area contributed by atoms with Crippen molar-refractivity contribution in [2.75, 3.05) is 12.4 Å². The first-order chi connectivity index (χ1) is 8.19. The van der Waals surface area contributed by atoms with Crippen molar-refractivity contribution in [1.82, 2.24) is 9.78 Å². The van der Waals surface area contributed by atoms with Crippen LogP contribution in [-0.4, -0.2) is 16.9 Å². The fraction of sp³-hybridized carbons (Fsp3) is 0.308. The Kier molecular flexibility index (Phi) is 3.32. The van der Waals surface area contributed by atoms with Crippen molar-refractivity contribution in [2.45, 2.75) is 13.0 Å². The van der Waals surface area contributed by atoms with E-state index < -0.39 is 0 Å². The fourth-order valence-corrected chi connectivity index (χ4v) is 1.74. The zero-order valence-corrected chi connectivity index (χ0v) is 10.3. The van der Waals surface area contributed by atoms with E-state index in [-0.39, 0.29) is 6.04 Å². The minimum atomic E-state index is 0.217. The van der Waals surface area contributed by atoms with Gasteiger partial charge in [-0.25, -0.2) is 0 Å². The molecule has 1 heterocycles. The van der Waals surface area contributed by atoms with Gasteiger partial charge >= 0.3 is 0 Å². The largest absolute Gasteiger partial charge is 0.497 e. The van der Waals surface area contributed by atoms with Crippen LogP contribution in [0, 0.1) is 0 Å². The third kappa shape index (κ3) is 2.78. The van der Waals surface area contributed by atoms with Gasteiger partial charge in [-0.05, 0) is 24.6 Å². The third-order valence-corrected chi connectivity index (χ3v) is 2.68. The van der Waals surface area contributed by atoms with Crippen molar-refractivity contribution in [3.63, 3.8) is 0 Å². The number of aryl methyl sites for hydroxylation is 1. The number of ether oxygens (including phenoxy) is 1. The molecule has 0 aliphatic rings. The molecule has 0 radical (unpaired) electrons. The van der Waals surface area contributed by atoms with E-state index in [4.69, 9.17) is 4.74 Å². The fourth-order valence-electron chi connectivity index (χ4n) is 1.74. The highest BCUT2D eigenvalue weighted by atomic mass is 16.5. The Morgan fingerprint density at radius 2 is 2.24 bits per heavy atom. The van der Waals surface area contributed by atoms with E-state index in [1.54, 1.807) is 11.8 Å². The first-order valence-electron chi connectivity index (χ1n) is 5.58. The van der Waals surface area contributed by atoms with Crippen molar-refractivity contribution in [1.29, 1.82) is 0 Å². The molecular weight excluding hydrogens is 214 g/mol. The summed E-state index contributed by atoms with van der Waals surface area (Å²) in [6.07, 6.45) is 3.77. The lowest BCUT2D eigenvalue weighted by atomic mass is 10.1. The lowest BCUT2D eigenvalue weighted by Crippen LogP contribution is -2.06. The SMILES string of the molecule is COc1cccc([C@@H](C)Nc2cnn(C)c2)c1. The van der Waals surface area contributed by atoms with Crippen LogP contribution in [0.4, 0.5) is 5.69 Å². The second kappa shape index (κ2) is 4.91. The Labute approximate surface area is 101 Å². The predicted molar refractivity (Wildman–Crippen MR) is 68.2 cm³/mol. The van der Waals surface area contributed by atoms with E-state index in [9.17, 15) is 0 Å². The molecule has 2 aromatic rings. The highest BCUT2D eigenvalue weighted by Crippen LogP contribution is 2.22. The molecule has 0 aliphatic heterocycles. The second-order valence-electron chi connectivity index (χ2n) is 4.05. The van der Waals surface area contributed by atoms with Crippen LogP contribution in [-0.2, 0) is 7.05 Å². The molecule has 0 amide bonds. The average Bonchev–Trinajstić information content (AvgIpc) is 2.75. The van der Waals surface area contributed by atoms with Crippen LogP contribution < -0.4 is 10.1 Å². The molecule has 1 N–H and O–H groups in total. The van der Waals surface area contributed by atoms with Crippen LogP contribution in [0.2, 0.25) is 0 Å². The molecule has 1 atom stereocenters. The van der Waals surface area contributed by atoms with Crippen molar-refractivity contribution >= 4 is 5.69 Å². The Morgan fingerprint density at radius 1 is 1.41 bits per heavy atom. The number of methoxy groups -OCH3 is 1. The van der Waals surface area contributed by atoms with Crippen LogP contribution in [0.3, 0.4) is 0 Å². The number of nitrogens with one attached hydrogen (secondary N) is 1. The Bertz CT molecular complexity index is 493. The summed E-state index contributed by atoms with van der Waals surface area (Å²) < 4.78 is 6.99. The second-order valence-corrected chi connectivity index (χ2v) is 4.05. The van der Waals surface area contributed by atoms with Crippen LogP contribution in [0.15, 0.2) is 36.7 Å². The molecule has 0 bridgehead atoms. The van der Waals surface area contributed by atoms with E-state index >= 15 is 0 Å². The molecule has 0 fully saturated rings. The monoisotopic (exact) mass is 231 g/mol. The maximum atomic E-state index is 5.22. The van der Waals surface area contributed by atoms with Gasteiger partial charge < -0.3 is 10.1 Å². The molecule has 4 heteroatoms. The van der Waals surface area contributed by atoms with Gasteiger partial charge in [0, 0.05) is 19.3 Å². The molecule has 1 aromatic carbocycles. The molecule has 0 unspecified atom stereocenters.